The van der Waals surface area contributed by atoms with E-state index in [1.165, 1.54) is 6.33 Å². The SMILES string of the molecule is [C-]#[N+]c1c(C)n(CCN)c2c(=O)[nH]cnc12. The highest BCUT2D eigenvalue weighted by atomic mass is 16.1. The molecule has 2 aromatic rings. The molecule has 2 aromatic heterocycles. The average molecular weight is 217 g/mol. The van der Waals surface area contributed by atoms with Gasteiger partial charge in [-0.1, -0.05) is 0 Å². The zero-order valence-electron chi connectivity index (χ0n) is 8.82. The Kier molecular flexibility index (Phi) is 2.46. The smallest absolute Gasteiger partial charge is 0.273 e. The second-order valence-electron chi connectivity index (χ2n) is 3.42. The predicted molar refractivity (Wildman–Crippen MR) is 60.4 cm³/mol. The van der Waals surface area contributed by atoms with Crippen LogP contribution in [0.25, 0.3) is 15.9 Å². The maximum absolute atomic E-state index is 11.7. The third-order valence-corrected chi connectivity index (χ3v) is 2.53. The van der Waals surface area contributed by atoms with Crippen LogP contribution in [0.5, 0.6) is 0 Å². The van der Waals surface area contributed by atoms with Crippen LogP contribution < -0.4 is 11.3 Å². The maximum Gasteiger partial charge on any atom is 0.273 e. The van der Waals surface area contributed by atoms with Gasteiger partial charge in [0.2, 0.25) is 5.69 Å². The quantitative estimate of drug-likeness (QED) is 0.720. The number of aromatic nitrogens is 3. The molecule has 0 unspecified atom stereocenters. The Hall–Kier alpha value is -2.13. The highest BCUT2D eigenvalue weighted by molar-refractivity contribution is 5.91. The molecular formula is C10H11N5O. The number of nitrogens with two attached hydrogens (primary N) is 1. The highest BCUT2D eigenvalue weighted by Crippen LogP contribution is 2.28. The minimum absolute atomic E-state index is 0.239. The van der Waals surface area contributed by atoms with Crippen molar-refractivity contribution in [1.82, 2.24) is 14.5 Å². The number of aromatic amines is 1. The van der Waals surface area contributed by atoms with Crippen molar-refractivity contribution in [3.8, 4) is 0 Å². The van der Waals surface area contributed by atoms with E-state index in [1.54, 1.807) is 11.5 Å². The molecule has 2 heterocycles. The molecule has 0 aliphatic carbocycles. The van der Waals surface area contributed by atoms with Crippen LogP contribution in [0.15, 0.2) is 11.1 Å². The molecule has 0 saturated heterocycles. The number of hydrogen-bond acceptors (Lipinski definition) is 3. The Morgan fingerprint density at radius 1 is 1.69 bits per heavy atom. The Labute approximate surface area is 91.5 Å². The number of fused-ring (bicyclic) bond motifs is 1. The van der Waals surface area contributed by atoms with E-state index >= 15 is 0 Å². The standard InChI is InChI=1S/C10H11N5O/c1-6-7(12-2)8-9(15(6)4-3-11)10(16)14-5-13-8/h5H,3-4,11H2,1H3,(H,13,14,16). The van der Waals surface area contributed by atoms with Crippen molar-refractivity contribution in [3.63, 3.8) is 0 Å². The van der Waals surface area contributed by atoms with E-state index in [9.17, 15) is 4.79 Å². The van der Waals surface area contributed by atoms with Gasteiger partial charge in [0, 0.05) is 18.8 Å². The number of hydrogen-bond donors (Lipinski definition) is 2. The molecule has 0 radical (unpaired) electrons. The summed E-state index contributed by atoms with van der Waals surface area (Å²) in [7, 11) is 0. The molecule has 0 saturated carbocycles. The normalized spacial score (nSPS) is 10.6. The van der Waals surface area contributed by atoms with Crippen LogP contribution in [0.2, 0.25) is 0 Å². The van der Waals surface area contributed by atoms with E-state index in [1.807, 2.05) is 0 Å². The lowest BCUT2D eigenvalue weighted by molar-refractivity contribution is 0.713. The van der Waals surface area contributed by atoms with E-state index in [2.05, 4.69) is 14.8 Å². The molecule has 2 rings (SSSR count). The molecule has 82 valence electrons. The summed E-state index contributed by atoms with van der Waals surface area (Å²) in [5, 5.41) is 0. The van der Waals surface area contributed by atoms with E-state index in [4.69, 9.17) is 12.3 Å². The first-order valence-electron chi connectivity index (χ1n) is 4.84. The summed E-state index contributed by atoms with van der Waals surface area (Å²) in [5.41, 5.74) is 7.29. The Bertz CT molecular complexity index is 631. The molecule has 0 fully saturated rings. The van der Waals surface area contributed by atoms with Crippen molar-refractivity contribution in [2.75, 3.05) is 6.54 Å². The molecule has 16 heavy (non-hydrogen) atoms. The Morgan fingerprint density at radius 3 is 3.06 bits per heavy atom. The summed E-state index contributed by atoms with van der Waals surface area (Å²) in [4.78, 5) is 21.7. The third-order valence-electron chi connectivity index (χ3n) is 2.53. The lowest BCUT2D eigenvalue weighted by atomic mass is 10.3. The summed E-state index contributed by atoms with van der Waals surface area (Å²) in [6.07, 6.45) is 1.31. The van der Waals surface area contributed by atoms with Gasteiger partial charge in [-0.15, -0.1) is 0 Å². The van der Waals surface area contributed by atoms with Crippen LogP contribution in [0, 0.1) is 13.5 Å². The Morgan fingerprint density at radius 2 is 2.44 bits per heavy atom. The van der Waals surface area contributed by atoms with Gasteiger partial charge in [-0.2, -0.15) is 0 Å². The minimum atomic E-state index is -0.239. The minimum Gasteiger partial charge on any atom is -0.349 e. The van der Waals surface area contributed by atoms with E-state index in [0.717, 1.165) is 5.69 Å². The van der Waals surface area contributed by atoms with Gasteiger partial charge in [0.25, 0.3) is 5.56 Å². The molecule has 0 aliphatic heterocycles. The fourth-order valence-corrected chi connectivity index (χ4v) is 1.83. The number of rotatable bonds is 2. The number of nitrogens with zero attached hydrogens (tertiary/aromatic N) is 3. The van der Waals surface area contributed by atoms with E-state index < -0.39 is 0 Å². The lowest BCUT2D eigenvalue weighted by Gasteiger charge is -2.04. The summed E-state index contributed by atoms with van der Waals surface area (Å²) in [6.45, 7) is 9.83. The van der Waals surface area contributed by atoms with Crippen molar-refractivity contribution in [2.45, 2.75) is 13.5 Å². The second kappa shape index (κ2) is 3.79. The van der Waals surface area contributed by atoms with Crippen molar-refractivity contribution < 1.29 is 0 Å². The van der Waals surface area contributed by atoms with Gasteiger partial charge in [0.15, 0.2) is 0 Å². The molecule has 6 heteroatoms. The fraction of sp³-hybridized carbons (Fsp3) is 0.300. The topological polar surface area (TPSA) is 81.1 Å². The van der Waals surface area contributed by atoms with Crippen LogP contribution in [0.4, 0.5) is 5.69 Å². The first-order valence-corrected chi connectivity index (χ1v) is 4.84. The predicted octanol–water partition coefficient (Wildman–Crippen LogP) is 0.543. The zero-order chi connectivity index (χ0) is 11.7. The van der Waals surface area contributed by atoms with Gasteiger partial charge in [0.05, 0.1) is 12.9 Å². The number of nitrogens with one attached hydrogen (secondary N) is 1. The third kappa shape index (κ3) is 1.30. The highest BCUT2D eigenvalue weighted by Gasteiger charge is 2.16. The summed E-state index contributed by atoms with van der Waals surface area (Å²) in [6, 6.07) is 0. The molecular weight excluding hydrogens is 206 g/mol. The first-order chi connectivity index (χ1) is 7.70. The summed E-state index contributed by atoms with van der Waals surface area (Å²) in [5.74, 6) is 0. The van der Waals surface area contributed by atoms with E-state index in [-0.39, 0.29) is 5.56 Å². The van der Waals surface area contributed by atoms with E-state index in [0.29, 0.717) is 29.8 Å². The van der Waals surface area contributed by atoms with Crippen molar-refractivity contribution >= 4 is 16.7 Å². The van der Waals surface area contributed by atoms with Crippen molar-refractivity contribution in [3.05, 3.63) is 33.8 Å². The van der Waals surface area contributed by atoms with Crippen LogP contribution in [0.3, 0.4) is 0 Å². The van der Waals surface area contributed by atoms with Gasteiger partial charge in [-0.3, -0.25) is 4.79 Å². The summed E-state index contributed by atoms with van der Waals surface area (Å²) < 4.78 is 1.74. The molecule has 0 amide bonds. The maximum atomic E-state index is 11.7. The second-order valence-corrected chi connectivity index (χ2v) is 3.42. The molecule has 0 spiro atoms. The monoisotopic (exact) mass is 217 g/mol. The number of H-pyrrole nitrogens is 1. The average Bonchev–Trinajstić information content (AvgIpc) is 2.54. The molecule has 0 aliphatic rings. The van der Waals surface area contributed by atoms with Crippen LogP contribution >= 0.6 is 0 Å². The molecule has 3 N–H and O–H groups in total. The summed E-state index contributed by atoms with van der Waals surface area (Å²) >= 11 is 0. The Balaban J connectivity index is 2.94. The molecule has 0 aromatic carbocycles. The van der Waals surface area contributed by atoms with Gasteiger partial charge in [-0.25, -0.2) is 9.83 Å². The van der Waals surface area contributed by atoms with Crippen molar-refractivity contribution in [1.29, 1.82) is 0 Å². The van der Waals surface area contributed by atoms with Gasteiger partial charge in [-0.05, 0) is 6.92 Å². The van der Waals surface area contributed by atoms with Gasteiger partial charge < -0.3 is 15.3 Å². The fourth-order valence-electron chi connectivity index (χ4n) is 1.83. The molecule has 6 nitrogen and oxygen atoms in total. The van der Waals surface area contributed by atoms with Crippen molar-refractivity contribution in [2.24, 2.45) is 5.73 Å². The van der Waals surface area contributed by atoms with Crippen LogP contribution in [-0.4, -0.2) is 21.1 Å². The first kappa shape index (κ1) is 10.4. The van der Waals surface area contributed by atoms with Crippen LogP contribution in [0.1, 0.15) is 5.69 Å². The lowest BCUT2D eigenvalue weighted by Crippen LogP contribution is -2.16. The molecule has 0 atom stereocenters. The van der Waals surface area contributed by atoms with Gasteiger partial charge in [0.1, 0.15) is 11.0 Å². The molecule has 0 bridgehead atoms. The van der Waals surface area contributed by atoms with Gasteiger partial charge >= 0.3 is 0 Å². The zero-order valence-corrected chi connectivity index (χ0v) is 8.82. The largest absolute Gasteiger partial charge is 0.349 e. The van der Waals surface area contributed by atoms with Crippen LogP contribution in [-0.2, 0) is 6.54 Å².